The second-order valence-electron chi connectivity index (χ2n) is 6.03. The van der Waals surface area contributed by atoms with Gasteiger partial charge >= 0.3 is 0 Å². The van der Waals surface area contributed by atoms with Crippen molar-refractivity contribution in [2.45, 2.75) is 4.90 Å². The van der Waals surface area contributed by atoms with E-state index in [1.165, 1.54) is 0 Å². The fraction of sp³-hybridized carbons (Fsp3) is 0.150. The summed E-state index contributed by atoms with van der Waals surface area (Å²) in [6.45, 7) is 1.04. The third kappa shape index (κ3) is 3.59. The molecule has 0 unspecified atom stereocenters. The maximum Gasteiger partial charge on any atom is 0.272 e. The van der Waals surface area contributed by atoms with E-state index in [-0.39, 0.29) is 5.91 Å². The fourth-order valence-corrected chi connectivity index (χ4v) is 3.48. The lowest BCUT2D eigenvalue weighted by atomic mass is 10.2. The molecule has 2 aromatic carbocycles. The van der Waals surface area contributed by atoms with Crippen LogP contribution in [0.2, 0.25) is 0 Å². The van der Waals surface area contributed by atoms with Crippen LogP contribution in [0.5, 0.6) is 11.5 Å². The van der Waals surface area contributed by atoms with Crippen LogP contribution in [0.3, 0.4) is 0 Å². The average Bonchev–Trinajstić information content (AvgIpc) is 3.18. The van der Waals surface area contributed by atoms with Gasteiger partial charge < -0.3 is 19.4 Å². The molecule has 138 valence electrons. The first-order chi connectivity index (χ1) is 13.1. The highest BCUT2D eigenvalue weighted by Gasteiger charge is 2.16. The number of fused-ring (bicyclic) bond motifs is 1. The molecule has 1 amide bonds. The van der Waals surface area contributed by atoms with E-state index < -0.39 is 10.8 Å². The molecule has 7 heteroatoms. The summed E-state index contributed by atoms with van der Waals surface area (Å²) in [5.74, 6) is 1.11. The summed E-state index contributed by atoms with van der Waals surface area (Å²) < 4.78 is 24.6. The van der Waals surface area contributed by atoms with Crippen molar-refractivity contribution >= 4 is 22.4 Å². The largest absolute Gasteiger partial charge is 0.486 e. The molecule has 6 nitrogen and oxygen atoms in total. The summed E-state index contributed by atoms with van der Waals surface area (Å²) in [5.41, 5.74) is 1.88. The fourth-order valence-electron chi connectivity index (χ4n) is 2.92. The Morgan fingerprint density at radius 3 is 2.67 bits per heavy atom. The lowest BCUT2D eigenvalue weighted by Gasteiger charge is -2.19. The van der Waals surface area contributed by atoms with Gasteiger partial charge in [0.25, 0.3) is 5.91 Å². The molecule has 1 aliphatic heterocycles. The number of anilines is 1. The number of ether oxygens (including phenoxy) is 2. The first-order valence-electron chi connectivity index (χ1n) is 8.44. The second-order valence-corrected chi connectivity index (χ2v) is 7.41. The molecule has 1 N–H and O–H groups in total. The summed E-state index contributed by atoms with van der Waals surface area (Å²) in [4.78, 5) is 13.4. The van der Waals surface area contributed by atoms with Crippen LogP contribution >= 0.6 is 0 Å². The maximum absolute atomic E-state index is 12.8. The molecule has 1 aliphatic rings. The van der Waals surface area contributed by atoms with Crippen molar-refractivity contribution in [3.8, 4) is 17.2 Å². The summed E-state index contributed by atoms with van der Waals surface area (Å²) in [7, 11) is -1.11. The van der Waals surface area contributed by atoms with Crippen molar-refractivity contribution in [2.24, 2.45) is 0 Å². The smallest absolute Gasteiger partial charge is 0.272 e. The van der Waals surface area contributed by atoms with Gasteiger partial charge in [-0.2, -0.15) is 0 Å². The number of carbonyl (C=O) groups excluding carboxylic acids is 1. The highest BCUT2D eigenvalue weighted by atomic mass is 32.2. The van der Waals surface area contributed by atoms with Crippen molar-refractivity contribution < 1.29 is 18.5 Å². The molecular formula is C20H18N2O4S. The Balaban J connectivity index is 1.61. The lowest BCUT2D eigenvalue weighted by molar-refractivity contribution is 0.102. The molecule has 2 heterocycles. The van der Waals surface area contributed by atoms with Gasteiger partial charge in [-0.05, 0) is 42.5 Å². The predicted molar refractivity (Wildman–Crippen MR) is 103 cm³/mol. The third-order valence-corrected chi connectivity index (χ3v) is 5.13. The minimum Gasteiger partial charge on any atom is -0.486 e. The Morgan fingerprint density at radius 1 is 1.04 bits per heavy atom. The number of aromatic nitrogens is 1. The Morgan fingerprint density at radius 2 is 1.85 bits per heavy atom. The van der Waals surface area contributed by atoms with E-state index in [0.717, 1.165) is 5.69 Å². The van der Waals surface area contributed by atoms with E-state index in [4.69, 9.17) is 9.47 Å². The topological polar surface area (TPSA) is 69.6 Å². The first-order valence-corrected chi connectivity index (χ1v) is 10.00. The Hall–Kier alpha value is -3.06. The zero-order chi connectivity index (χ0) is 18.8. The number of rotatable bonds is 4. The molecule has 0 bridgehead atoms. The number of benzene rings is 2. The first kappa shape index (κ1) is 17.4. The zero-order valence-corrected chi connectivity index (χ0v) is 15.5. The highest BCUT2D eigenvalue weighted by Crippen LogP contribution is 2.32. The van der Waals surface area contributed by atoms with Gasteiger partial charge in [-0.15, -0.1) is 0 Å². The maximum atomic E-state index is 12.8. The van der Waals surface area contributed by atoms with Crippen LogP contribution < -0.4 is 14.8 Å². The molecule has 1 atom stereocenters. The zero-order valence-electron chi connectivity index (χ0n) is 14.7. The number of hydrogen-bond acceptors (Lipinski definition) is 4. The minimum absolute atomic E-state index is 0.256. The predicted octanol–water partition coefficient (Wildman–Crippen LogP) is 3.24. The third-order valence-electron chi connectivity index (χ3n) is 4.21. The molecule has 0 spiro atoms. The molecular weight excluding hydrogens is 364 g/mol. The summed E-state index contributed by atoms with van der Waals surface area (Å²) in [5, 5.41) is 2.86. The van der Waals surface area contributed by atoms with E-state index in [1.807, 2.05) is 30.5 Å². The van der Waals surface area contributed by atoms with Crippen LogP contribution in [-0.2, 0) is 10.8 Å². The van der Waals surface area contributed by atoms with Crippen molar-refractivity contribution in [1.29, 1.82) is 0 Å². The summed E-state index contributed by atoms with van der Waals surface area (Å²) in [6.07, 6.45) is 3.42. The molecule has 0 fully saturated rings. The molecule has 1 aromatic heterocycles. The number of carbonyl (C=O) groups is 1. The Labute approximate surface area is 159 Å². The average molecular weight is 382 g/mol. The van der Waals surface area contributed by atoms with Gasteiger partial charge in [0.05, 0.1) is 0 Å². The molecule has 0 radical (unpaired) electrons. The monoisotopic (exact) mass is 382 g/mol. The van der Waals surface area contributed by atoms with E-state index in [2.05, 4.69) is 5.32 Å². The normalized spacial score (nSPS) is 13.8. The van der Waals surface area contributed by atoms with Crippen LogP contribution in [-0.4, -0.2) is 34.2 Å². The van der Waals surface area contributed by atoms with Crippen molar-refractivity contribution in [3.05, 3.63) is 66.5 Å². The van der Waals surface area contributed by atoms with Gasteiger partial charge in [0, 0.05) is 45.6 Å². The van der Waals surface area contributed by atoms with Crippen molar-refractivity contribution in [3.63, 3.8) is 0 Å². The molecule has 0 aliphatic carbocycles. The Kier molecular flexibility index (Phi) is 4.68. The van der Waals surface area contributed by atoms with Crippen molar-refractivity contribution in [2.75, 3.05) is 24.8 Å². The standard InChI is InChI=1S/C20H18N2O4S/c1-27(24)16-5-2-4-14(12-16)21-20(23)17-6-3-9-22(17)15-7-8-18-19(13-15)26-11-10-25-18/h2-9,12-13H,10-11H2,1H3,(H,21,23)/t27-/m1/s1. The summed E-state index contributed by atoms with van der Waals surface area (Å²) in [6, 6.07) is 16.1. The molecule has 0 saturated carbocycles. The number of hydrogen-bond donors (Lipinski definition) is 1. The quantitative estimate of drug-likeness (QED) is 0.752. The number of amides is 1. The van der Waals surface area contributed by atoms with Gasteiger partial charge in [0.15, 0.2) is 11.5 Å². The van der Waals surface area contributed by atoms with E-state index >= 15 is 0 Å². The van der Waals surface area contributed by atoms with Crippen LogP contribution in [0, 0.1) is 0 Å². The Bertz CT molecular complexity index is 1030. The molecule has 3 aromatic rings. The number of nitrogens with zero attached hydrogens (tertiary/aromatic N) is 1. The van der Waals surface area contributed by atoms with E-state index in [9.17, 15) is 9.00 Å². The second kappa shape index (κ2) is 7.28. The summed E-state index contributed by atoms with van der Waals surface area (Å²) >= 11 is 0. The number of nitrogens with one attached hydrogen (secondary N) is 1. The van der Waals surface area contributed by atoms with Gasteiger partial charge in [0.2, 0.25) is 0 Å². The van der Waals surface area contributed by atoms with Crippen LogP contribution in [0.4, 0.5) is 5.69 Å². The van der Waals surface area contributed by atoms with Crippen LogP contribution in [0.15, 0.2) is 65.7 Å². The van der Waals surface area contributed by atoms with E-state index in [0.29, 0.717) is 41.0 Å². The van der Waals surface area contributed by atoms with E-state index in [1.54, 1.807) is 41.2 Å². The lowest BCUT2D eigenvalue weighted by Crippen LogP contribution is -2.17. The minimum atomic E-state index is -1.11. The molecule has 27 heavy (non-hydrogen) atoms. The SMILES string of the molecule is C[S@@](=O)c1cccc(NC(=O)c2cccn2-c2ccc3c(c2)OCCO3)c1. The van der Waals surface area contributed by atoms with Gasteiger partial charge in [-0.25, -0.2) is 0 Å². The van der Waals surface area contributed by atoms with Gasteiger partial charge in [-0.1, -0.05) is 6.07 Å². The highest BCUT2D eigenvalue weighted by molar-refractivity contribution is 7.84. The van der Waals surface area contributed by atoms with Crippen molar-refractivity contribution in [1.82, 2.24) is 4.57 Å². The van der Waals surface area contributed by atoms with Gasteiger partial charge in [0.1, 0.15) is 18.9 Å². The molecule has 4 rings (SSSR count). The molecule has 0 saturated heterocycles. The van der Waals surface area contributed by atoms with Crippen LogP contribution in [0.1, 0.15) is 10.5 Å². The van der Waals surface area contributed by atoms with Crippen LogP contribution in [0.25, 0.3) is 5.69 Å². The van der Waals surface area contributed by atoms with Gasteiger partial charge in [-0.3, -0.25) is 9.00 Å².